The molecule has 2 heterocycles. The number of carbonyl (C=O) groups is 4. The second kappa shape index (κ2) is 13.3. The third-order valence-corrected chi connectivity index (χ3v) is 7.35. The SMILES string of the molecule is CC(C)C(NC(=O)C(Cc1ccc(O)cc1)NC(=O)C1CCCN1)C(=O)NC(Cc1c[nH]c2ccccc12)C(=O)O. The summed E-state index contributed by atoms with van der Waals surface area (Å²) in [6, 6.07) is 10.1. The normalized spacial score (nSPS) is 17.1. The number of phenolic OH excluding ortho intramolecular Hbond substituents is 1. The van der Waals surface area contributed by atoms with Gasteiger partial charge in [-0.05, 0) is 54.6 Å². The van der Waals surface area contributed by atoms with Crippen molar-refractivity contribution in [1.29, 1.82) is 0 Å². The van der Waals surface area contributed by atoms with E-state index in [1.54, 1.807) is 32.2 Å². The summed E-state index contributed by atoms with van der Waals surface area (Å²) in [4.78, 5) is 55.0. The number of aromatic hydroxyl groups is 1. The van der Waals surface area contributed by atoms with Crippen molar-refractivity contribution in [2.24, 2.45) is 5.92 Å². The Morgan fingerprint density at radius 1 is 0.927 bits per heavy atom. The van der Waals surface area contributed by atoms with Gasteiger partial charge in [-0.1, -0.05) is 44.2 Å². The summed E-state index contributed by atoms with van der Waals surface area (Å²) in [7, 11) is 0. The molecule has 1 aliphatic heterocycles. The van der Waals surface area contributed by atoms with Gasteiger partial charge in [0, 0.05) is 29.9 Å². The van der Waals surface area contributed by atoms with E-state index in [-0.39, 0.29) is 30.4 Å². The molecule has 1 saturated heterocycles. The van der Waals surface area contributed by atoms with Gasteiger partial charge in [-0.3, -0.25) is 14.4 Å². The van der Waals surface area contributed by atoms with Crippen LogP contribution in [-0.4, -0.2) is 69.6 Å². The topological polar surface area (TPSA) is 173 Å². The highest BCUT2D eigenvalue weighted by molar-refractivity contribution is 5.94. The molecule has 218 valence electrons. The number of para-hydroxylation sites is 1. The Balaban J connectivity index is 1.48. The largest absolute Gasteiger partial charge is 0.508 e. The third kappa shape index (κ3) is 7.63. The van der Waals surface area contributed by atoms with Crippen molar-refractivity contribution < 1.29 is 29.4 Å². The van der Waals surface area contributed by atoms with Gasteiger partial charge in [0.25, 0.3) is 0 Å². The zero-order valence-electron chi connectivity index (χ0n) is 23.1. The molecule has 3 amide bonds. The average Bonchev–Trinajstić information content (AvgIpc) is 3.62. The van der Waals surface area contributed by atoms with E-state index in [0.29, 0.717) is 18.5 Å². The number of amides is 3. The van der Waals surface area contributed by atoms with Crippen LogP contribution in [0.4, 0.5) is 0 Å². The molecule has 4 unspecified atom stereocenters. The lowest BCUT2D eigenvalue weighted by atomic mass is 9.99. The van der Waals surface area contributed by atoms with Crippen LogP contribution in [0, 0.1) is 5.92 Å². The summed E-state index contributed by atoms with van der Waals surface area (Å²) >= 11 is 0. The highest BCUT2D eigenvalue weighted by atomic mass is 16.4. The predicted molar refractivity (Wildman–Crippen MR) is 153 cm³/mol. The number of carboxylic acids is 1. The van der Waals surface area contributed by atoms with E-state index in [0.717, 1.165) is 22.9 Å². The molecule has 1 fully saturated rings. The number of rotatable bonds is 12. The van der Waals surface area contributed by atoms with Crippen molar-refractivity contribution in [3.05, 3.63) is 65.9 Å². The molecule has 2 aromatic carbocycles. The van der Waals surface area contributed by atoms with Gasteiger partial charge in [-0.25, -0.2) is 4.79 Å². The van der Waals surface area contributed by atoms with Crippen LogP contribution in [0.15, 0.2) is 54.7 Å². The molecular formula is C30H37N5O6. The fourth-order valence-electron chi connectivity index (χ4n) is 5.03. The van der Waals surface area contributed by atoms with Gasteiger partial charge in [-0.15, -0.1) is 0 Å². The Labute approximate surface area is 238 Å². The number of phenols is 1. The highest BCUT2D eigenvalue weighted by Gasteiger charge is 2.33. The average molecular weight is 564 g/mol. The molecule has 41 heavy (non-hydrogen) atoms. The van der Waals surface area contributed by atoms with Crippen LogP contribution in [0.25, 0.3) is 10.9 Å². The lowest BCUT2D eigenvalue weighted by Gasteiger charge is -2.27. The molecule has 3 aromatic rings. The first-order valence-corrected chi connectivity index (χ1v) is 13.8. The molecule has 11 nitrogen and oxygen atoms in total. The van der Waals surface area contributed by atoms with Gasteiger partial charge in [0.05, 0.1) is 6.04 Å². The molecular weight excluding hydrogens is 526 g/mol. The number of benzene rings is 2. The van der Waals surface area contributed by atoms with Crippen LogP contribution in [-0.2, 0) is 32.0 Å². The fraction of sp³-hybridized carbons (Fsp3) is 0.400. The number of fused-ring (bicyclic) bond motifs is 1. The molecule has 4 atom stereocenters. The minimum Gasteiger partial charge on any atom is -0.508 e. The van der Waals surface area contributed by atoms with Crippen LogP contribution < -0.4 is 21.3 Å². The second-order valence-electron chi connectivity index (χ2n) is 10.8. The zero-order chi connectivity index (χ0) is 29.5. The molecule has 1 aliphatic rings. The predicted octanol–water partition coefficient (Wildman–Crippen LogP) is 1.61. The number of aromatic nitrogens is 1. The Morgan fingerprint density at radius 2 is 1.66 bits per heavy atom. The van der Waals surface area contributed by atoms with Gasteiger partial charge < -0.3 is 36.5 Å². The lowest BCUT2D eigenvalue weighted by molar-refractivity contribution is -0.142. The number of aromatic amines is 1. The number of hydrogen-bond acceptors (Lipinski definition) is 6. The Hall–Kier alpha value is -4.38. The van der Waals surface area contributed by atoms with Gasteiger partial charge in [-0.2, -0.15) is 0 Å². The van der Waals surface area contributed by atoms with Crippen LogP contribution in [0.1, 0.15) is 37.8 Å². The van der Waals surface area contributed by atoms with Crippen LogP contribution in [0.5, 0.6) is 5.75 Å². The molecule has 0 spiro atoms. The smallest absolute Gasteiger partial charge is 0.326 e. The van der Waals surface area contributed by atoms with Crippen LogP contribution in [0.2, 0.25) is 0 Å². The van der Waals surface area contributed by atoms with E-state index in [2.05, 4.69) is 26.3 Å². The van der Waals surface area contributed by atoms with Gasteiger partial charge in [0.2, 0.25) is 17.7 Å². The van der Waals surface area contributed by atoms with Crippen molar-refractivity contribution in [3.8, 4) is 5.75 Å². The molecule has 1 aromatic heterocycles. The molecule has 0 bridgehead atoms. The minimum atomic E-state index is -1.22. The van der Waals surface area contributed by atoms with Crippen molar-refractivity contribution in [3.63, 3.8) is 0 Å². The first kappa shape index (κ1) is 29.6. The summed E-state index contributed by atoms with van der Waals surface area (Å²) in [5.74, 6) is -3.00. The first-order chi connectivity index (χ1) is 19.6. The summed E-state index contributed by atoms with van der Waals surface area (Å²) < 4.78 is 0. The summed E-state index contributed by atoms with van der Waals surface area (Å²) in [5.41, 5.74) is 2.31. The number of carboxylic acid groups (broad SMARTS) is 1. The van der Waals surface area contributed by atoms with E-state index in [1.807, 2.05) is 24.3 Å². The monoisotopic (exact) mass is 563 g/mol. The van der Waals surface area contributed by atoms with Crippen molar-refractivity contribution in [1.82, 2.24) is 26.3 Å². The van der Waals surface area contributed by atoms with E-state index in [9.17, 15) is 29.4 Å². The second-order valence-corrected chi connectivity index (χ2v) is 10.8. The molecule has 11 heteroatoms. The van der Waals surface area contributed by atoms with E-state index in [1.165, 1.54) is 12.1 Å². The quantitative estimate of drug-likeness (QED) is 0.175. The lowest BCUT2D eigenvalue weighted by Crippen LogP contribution is -2.59. The van der Waals surface area contributed by atoms with Crippen LogP contribution >= 0.6 is 0 Å². The first-order valence-electron chi connectivity index (χ1n) is 13.8. The fourth-order valence-corrected chi connectivity index (χ4v) is 5.03. The number of H-pyrrole nitrogens is 1. The van der Waals surface area contributed by atoms with E-state index in [4.69, 9.17) is 0 Å². The maximum atomic E-state index is 13.5. The summed E-state index contributed by atoms with van der Waals surface area (Å²) in [6.45, 7) is 4.21. The molecule has 0 aliphatic carbocycles. The number of aliphatic carboxylic acids is 1. The van der Waals surface area contributed by atoms with Crippen molar-refractivity contribution in [2.75, 3.05) is 6.54 Å². The van der Waals surface area contributed by atoms with E-state index < -0.39 is 42.0 Å². The number of nitrogens with one attached hydrogen (secondary N) is 5. The Bertz CT molecular complexity index is 1380. The van der Waals surface area contributed by atoms with Crippen molar-refractivity contribution in [2.45, 2.75) is 63.7 Å². The maximum Gasteiger partial charge on any atom is 0.326 e. The highest BCUT2D eigenvalue weighted by Crippen LogP contribution is 2.19. The standard InChI is InChI=1S/C30H37N5O6/c1-17(2)26(29(39)34-25(30(40)41)15-19-16-32-22-7-4-3-6-21(19)22)35-28(38)24(14-18-9-11-20(36)12-10-18)33-27(37)23-8-5-13-31-23/h3-4,6-7,9-12,16-17,23-26,31-32,36H,5,8,13-15H2,1-2H3,(H,33,37)(H,34,39)(H,35,38)(H,40,41). The molecule has 0 saturated carbocycles. The Morgan fingerprint density at radius 3 is 2.32 bits per heavy atom. The number of carbonyl (C=O) groups excluding carboxylic acids is 3. The van der Waals surface area contributed by atoms with Crippen LogP contribution in [0.3, 0.4) is 0 Å². The van der Waals surface area contributed by atoms with Gasteiger partial charge in [0.15, 0.2) is 0 Å². The molecule has 0 radical (unpaired) electrons. The third-order valence-electron chi connectivity index (χ3n) is 7.35. The molecule has 7 N–H and O–H groups in total. The molecule has 4 rings (SSSR count). The summed E-state index contributed by atoms with van der Waals surface area (Å²) in [6.07, 6.45) is 3.42. The minimum absolute atomic E-state index is 0.0533. The van der Waals surface area contributed by atoms with Gasteiger partial charge in [0.1, 0.15) is 23.9 Å². The number of hydrogen-bond donors (Lipinski definition) is 7. The maximum absolute atomic E-state index is 13.5. The zero-order valence-corrected chi connectivity index (χ0v) is 23.1. The van der Waals surface area contributed by atoms with Crippen molar-refractivity contribution >= 4 is 34.6 Å². The van der Waals surface area contributed by atoms with E-state index >= 15 is 0 Å². The van der Waals surface area contributed by atoms with Gasteiger partial charge >= 0.3 is 5.97 Å². The summed E-state index contributed by atoms with van der Waals surface area (Å²) in [5, 5.41) is 31.6. The Kier molecular flexibility index (Phi) is 9.61.